The van der Waals surface area contributed by atoms with Gasteiger partial charge in [0.15, 0.2) is 0 Å². The summed E-state index contributed by atoms with van der Waals surface area (Å²) in [7, 11) is 0. The first-order valence-corrected chi connectivity index (χ1v) is 12.5. The van der Waals surface area contributed by atoms with Gasteiger partial charge < -0.3 is 37.5 Å². The number of aliphatic carboxylic acids is 1. The molecule has 0 spiro atoms. The Hall–Kier alpha value is -2.99. The van der Waals surface area contributed by atoms with Crippen LogP contribution in [0.4, 0.5) is 0 Å². The minimum Gasteiger partial charge on any atom is -0.480 e. The summed E-state index contributed by atoms with van der Waals surface area (Å²) >= 11 is 0. The molecule has 1 heterocycles. The fourth-order valence-corrected chi connectivity index (χ4v) is 3.72. The van der Waals surface area contributed by atoms with E-state index in [2.05, 4.69) is 25.9 Å². The molecule has 0 aliphatic rings. The second-order valence-electron chi connectivity index (χ2n) is 9.95. The number of hydrogen-bond acceptors (Lipinski definition) is 7. The molecule has 12 nitrogen and oxygen atoms in total. The second-order valence-corrected chi connectivity index (χ2v) is 9.95. The van der Waals surface area contributed by atoms with Crippen LogP contribution in [-0.4, -0.2) is 69.5 Å². The SMILES string of the molecule is CC(C)CC(N)C(=O)NC(Cc1cnc[nH]1)C(=O)NC(CCCCN)C(=O)NC(CC(C)C)C(=O)O. The van der Waals surface area contributed by atoms with E-state index in [4.69, 9.17) is 11.5 Å². The van der Waals surface area contributed by atoms with Crippen LogP contribution in [0, 0.1) is 11.8 Å². The van der Waals surface area contributed by atoms with E-state index < -0.39 is 47.9 Å². The quantitative estimate of drug-likeness (QED) is 0.142. The Bertz CT molecular complexity index is 829. The summed E-state index contributed by atoms with van der Waals surface area (Å²) in [6.45, 7) is 8.01. The molecule has 36 heavy (non-hydrogen) atoms. The molecule has 0 aliphatic heterocycles. The normalized spacial score (nSPS) is 14.7. The number of carbonyl (C=O) groups is 4. The van der Waals surface area contributed by atoms with E-state index in [9.17, 15) is 24.3 Å². The van der Waals surface area contributed by atoms with Crippen LogP contribution >= 0.6 is 0 Å². The summed E-state index contributed by atoms with van der Waals surface area (Å²) in [5.41, 5.74) is 12.2. The van der Waals surface area contributed by atoms with Crippen LogP contribution in [0.15, 0.2) is 12.5 Å². The number of unbranched alkanes of at least 4 members (excludes halogenated alkanes) is 1. The zero-order valence-electron chi connectivity index (χ0n) is 21.8. The van der Waals surface area contributed by atoms with Crippen LogP contribution in [0.1, 0.15) is 65.5 Å². The van der Waals surface area contributed by atoms with Gasteiger partial charge >= 0.3 is 5.97 Å². The van der Waals surface area contributed by atoms with Gasteiger partial charge in [-0.1, -0.05) is 27.7 Å². The maximum atomic E-state index is 13.3. The van der Waals surface area contributed by atoms with Crippen LogP contribution < -0.4 is 27.4 Å². The van der Waals surface area contributed by atoms with Crippen molar-refractivity contribution in [2.45, 2.75) is 90.4 Å². The molecule has 0 radical (unpaired) electrons. The Morgan fingerprint density at radius 3 is 2.03 bits per heavy atom. The molecule has 12 heteroatoms. The maximum Gasteiger partial charge on any atom is 0.326 e. The van der Waals surface area contributed by atoms with Gasteiger partial charge in [-0.15, -0.1) is 0 Å². The monoisotopic (exact) mass is 509 g/mol. The van der Waals surface area contributed by atoms with Crippen molar-refractivity contribution in [2.75, 3.05) is 6.54 Å². The Balaban J connectivity index is 3.04. The topological polar surface area (TPSA) is 205 Å². The van der Waals surface area contributed by atoms with Gasteiger partial charge in [-0.2, -0.15) is 0 Å². The number of aromatic nitrogens is 2. The van der Waals surface area contributed by atoms with Gasteiger partial charge in [-0.05, 0) is 50.5 Å². The number of aromatic amines is 1. The van der Waals surface area contributed by atoms with Crippen molar-refractivity contribution in [2.24, 2.45) is 23.3 Å². The van der Waals surface area contributed by atoms with Crippen molar-refractivity contribution in [3.8, 4) is 0 Å². The molecule has 0 saturated carbocycles. The van der Waals surface area contributed by atoms with Crippen molar-refractivity contribution in [1.29, 1.82) is 0 Å². The Labute approximate surface area is 212 Å². The van der Waals surface area contributed by atoms with Crippen molar-refractivity contribution in [3.05, 3.63) is 18.2 Å². The number of carboxylic acids is 1. The molecule has 1 aromatic rings. The average Bonchev–Trinajstić information content (AvgIpc) is 3.29. The van der Waals surface area contributed by atoms with Gasteiger partial charge in [0.25, 0.3) is 0 Å². The molecule has 0 bridgehead atoms. The van der Waals surface area contributed by atoms with Crippen LogP contribution in [0.3, 0.4) is 0 Å². The van der Waals surface area contributed by atoms with E-state index in [0.717, 1.165) is 0 Å². The number of hydrogen-bond donors (Lipinski definition) is 7. The number of imidazole rings is 1. The molecule has 4 atom stereocenters. The number of carboxylic acid groups (broad SMARTS) is 1. The maximum absolute atomic E-state index is 13.3. The molecule has 9 N–H and O–H groups in total. The molecule has 0 aliphatic carbocycles. The van der Waals surface area contributed by atoms with Crippen molar-refractivity contribution in [3.63, 3.8) is 0 Å². The third-order valence-electron chi connectivity index (χ3n) is 5.58. The zero-order valence-corrected chi connectivity index (χ0v) is 21.8. The summed E-state index contributed by atoms with van der Waals surface area (Å²) in [6.07, 6.45) is 5.24. The lowest BCUT2D eigenvalue weighted by molar-refractivity contribution is -0.142. The number of amides is 3. The molecule has 1 aromatic heterocycles. The predicted molar refractivity (Wildman–Crippen MR) is 136 cm³/mol. The van der Waals surface area contributed by atoms with Crippen LogP contribution in [0.25, 0.3) is 0 Å². The van der Waals surface area contributed by atoms with Gasteiger partial charge in [-0.25, -0.2) is 9.78 Å². The lowest BCUT2D eigenvalue weighted by Crippen LogP contribution is -2.57. The summed E-state index contributed by atoms with van der Waals surface area (Å²) in [6, 6.07) is -3.89. The largest absolute Gasteiger partial charge is 0.480 e. The molecular weight excluding hydrogens is 466 g/mol. The summed E-state index contributed by atoms with van der Waals surface area (Å²) in [5, 5.41) is 17.4. The van der Waals surface area contributed by atoms with Crippen LogP contribution in [0.5, 0.6) is 0 Å². The van der Waals surface area contributed by atoms with Crippen LogP contribution in [-0.2, 0) is 25.6 Å². The minimum atomic E-state index is -1.15. The molecule has 204 valence electrons. The summed E-state index contributed by atoms with van der Waals surface area (Å²) in [4.78, 5) is 57.4. The van der Waals surface area contributed by atoms with E-state index in [1.165, 1.54) is 12.5 Å². The number of nitrogens with zero attached hydrogens (tertiary/aromatic N) is 1. The second kappa shape index (κ2) is 15.9. The first kappa shape index (κ1) is 31.0. The Morgan fingerprint density at radius 2 is 1.50 bits per heavy atom. The van der Waals surface area contributed by atoms with Gasteiger partial charge in [0, 0.05) is 18.3 Å². The van der Waals surface area contributed by atoms with Crippen LogP contribution in [0.2, 0.25) is 0 Å². The first-order valence-electron chi connectivity index (χ1n) is 12.5. The highest BCUT2D eigenvalue weighted by atomic mass is 16.4. The molecule has 4 unspecified atom stereocenters. The van der Waals surface area contributed by atoms with Crippen molar-refractivity contribution >= 4 is 23.7 Å². The molecule has 1 rings (SSSR count). The van der Waals surface area contributed by atoms with Gasteiger partial charge in [0.2, 0.25) is 17.7 Å². The molecule has 0 saturated heterocycles. The molecule has 0 fully saturated rings. The van der Waals surface area contributed by atoms with E-state index in [-0.39, 0.29) is 31.1 Å². The third-order valence-corrected chi connectivity index (χ3v) is 5.58. The van der Waals surface area contributed by atoms with E-state index >= 15 is 0 Å². The fourth-order valence-electron chi connectivity index (χ4n) is 3.72. The Morgan fingerprint density at radius 1 is 0.917 bits per heavy atom. The first-order chi connectivity index (χ1) is 16.9. The smallest absolute Gasteiger partial charge is 0.326 e. The number of rotatable bonds is 17. The predicted octanol–water partition coefficient (Wildman–Crippen LogP) is 0.0397. The lowest BCUT2D eigenvalue weighted by atomic mass is 10.0. The molecular formula is C24H43N7O5. The van der Waals surface area contributed by atoms with Crippen molar-refractivity contribution in [1.82, 2.24) is 25.9 Å². The number of H-pyrrole nitrogens is 1. The van der Waals surface area contributed by atoms with Gasteiger partial charge in [-0.3, -0.25) is 14.4 Å². The number of nitrogens with one attached hydrogen (secondary N) is 4. The van der Waals surface area contributed by atoms with E-state index in [1.54, 1.807) is 0 Å². The highest BCUT2D eigenvalue weighted by Crippen LogP contribution is 2.09. The number of nitrogens with two attached hydrogens (primary N) is 2. The lowest BCUT2D eigenvalue weighted by Gasteiger charge is -2.25. The highest BCUT2D eigenvalue weighted by molar-refractivity contribution is 5.94. The highest BCUT2D eigenvalue weighted by Gasteiger charge is 2.30. The van der Waals surface area contributed by atoms with Gasteiger partial charge in [0.05, 0.1) is 12.4 Å². The molecule has 0 aromatic carbocycles. The van der Waals surface area contributed by atoms with Crippen molar-refractivity contribution < 1.29 is 24.3 Å². The summed E-state index contributed by atoms with van der Waals surface area (Å²) < 4.78 is 0. The fraction of sp³-hybridized carbons (Fsp3) is 0.708. The molecule has 3 amide bonds. The van der Waals surface area contributed by atoms with Gasteiger partial charge in [0.1, 0.15) is 18.1 Å². The van der Waals surface area contributed by atoms with E-state index in [1.807, 2.05) is 27.7 Å². The minimum absolute atomic E-state index is 0.0423. The average molecular weight is 510 g/mol. The zero-order chi connectivity index (χ0) is 27.3. The standard InChI is InChI=1S/C24H43N7O5/c1-14(2)9-17(26)21(32)30-19(11-16-12-27-13-28-16)23(34)29-18(7-5-6-8-25)22(33)31-20(24(35)36)10-15(3)4/h12-15,17-20H,5-11,25-26H2,1-4H3,(H,27,28)(H,29,34)(H,30,32)(H,31,33)(H,35,36). The number of carbonyl (C=O) groups excluding carboxylic acids is 3. The third kappa shape index (κ3) is 11.6. The van der Waals surface area contributed by atoms with E-state index in [0.29, 0.717) is 31.5 Å². The Kier molecular flexibility index (Phi) is 13.7. The summed E-state index contributed by atoms with van der Waals surface area (Å²) in [5.74, 6) is -2.58.